The van der Waals surface area contributed by atoms with Crippen molar-refractivity contribution in [1.29, 1.82) is 0 Å². The minimum atomic E-state index is 0.653. The molecule has 6 heteroatoms. The maximum absolute atomic E-state index is 5.94. The van der Waals surface area contributed by atoms with E-state index >= 15 is 0 Å². The quantitative estimate of drug-likeness (QED) is 0.201. The zero-order valence-electron chi connectivity index (χ0n) is 21.4. The second-order valence-corrected chi connectivity index (χ2v) is 9.07. The van der Waals surface area contributed by atoms with Crippen LogP contribution in [0.15, 0.2) is 82.4 Å². The Bertz CT molecular complexity index is 916. The summed E-state index contributed by atoms with van der Waals surface area (Å²) in [6.45, 7) is 9.94. The number of halogens is 1. The number of aryl methyl sites for hydroxylation is 1. The van der Waals surface area contributed by atoms with Gasteiger partial charge in [0.2, 0.25) is 0 Å². The van der Waals surface area contributed by atoms with E-state index < -0.39 is 0 Å². The predicted molar refractivity (Wildman–Crippen MR) is 147 cm³/mol. The lowest BCUT2D eigenvalue weighted by Crippen LogP contribution is -2.11. The topological polar surface area (TPSA) is 69.4 Å². The van der Waals surface area contributed by atoms with Crippen LogP contribution in [0.1, 0.15) is 49.9 Å². The van der Waals surface area contributed by atoms with Crippen LogP contribution in [0, 0.1) is 6.92 Å². The van der Waals surface area contributed by atoms with Gasteiger partial charge in [-0.25, -0.2) is 0 Å². The molecule has 3 N–H and O–H groups in total. The SMILES string of the molecule is COCCCN/C=C(/C=C(Cc1ccccn1)\C(Br)=C(/C)N)OC.Cc1ccc(C(C)C)cc1. The lowest BCUT2D eigenvalue weighted by molar-refractivity contribution is 0.195. The van der Waals surface area contributed by atoms with Crippen LogP contribution in [0.3, 0.4) is 0 Å². The molecule has 0 aliphatic rings. The average molecular weight is 531 g/mol. The number of allylic oxidation sites excluding steroid dienone is 4. The molecule has 0 unspecified atom stereocenters. The van der Waals surface area contributed by atoms with Gasteiger partial charge in [-0.3, -0.25) is 4.98 Å². The molecule has 0 saturated heterocycles. The van der Waals surface area contributed by atoms with Gasteiger partial charge in [0.05, 0.1) is 7.11 Å². The van der Waals surface area contributed by atoms with Gasteiger partial charge in [-0.2, -0.15) is 0 Å². The fourth-order valence-electron chi connectivity index (χ4n) is 2.92. The largest absolute Gasteiger partial charge is 0.495 e. The van der Waals surface area contributed by atoms with Gasteiger partial charge in [-0.15, -0.1) is 0 Å². The lowest BCUT2D eigenvalue weighted by Gasteiger charge is -2.11. The number of hydrogen-bond donors (Lipinski definition) is 2. The van der Waals surface area contributed by atoms with Crippen molar-refractivity contribution in [2.24, 2.45) is 5.73 Å². The van der Waals surface area contributed by atoms with Crippen molar-refractivity contribution >= 4 is 15.9 Å². The van der Waals surface area contributed by atoms with Gasteiger partial charge in [-0.1, -0.05) is 49.7 Å². The van der Waals surface area contributed by atoms with Crippen LogP contribution < -0.4 is 11.1 Å². The van der Waals surface area contributed by atoms with Gasteiger partial charge < -0.3 is 20.5 Å². The van der Waals surface area contributed by atoms with E-state index in [1.165, 1.54) is 11.1 Å². The second-order valence-electron chi connectivity index (χ2n) is 8.28. The molecule has 0 saturated carbocycles. The van der Waals surface area contributed by atoms with Crippen LogP contribution in [0.2, 0.25) is 0 Å². The number of nitrogens with zero attached hydrogens (tertiary/aromatic N) is 1. The van der Waals surface area contributed by atoms with E-state index in [0.717, 1.165) is 41.1 Å². The highest BCUT2D eigenvalue weighted by atomic mass is 79.9. The van der Waals surface area contributed by atoms with Crippen molar-refractivity contribution in [2.45, 2.75) is 46.5 Å². The van der Waals surface area contributed by atoms with Gasteiger partial charge in [0.1, 0.15) is 5.76 Å². The summed E-state index contributed by atoms with van der Waals surface area (Å²) in [6.07, 6.45) is 7.17. The maximum Gasteiger partial charge on any atom is 0.134 e. The number of rotatable bonds is 11. The Balaban J connectivity index is 0.000000479. The molecule has 0 bridgehead atoms. The van der Waals surface area contributed by atoms with E-state index in [4.69, 9.17) is 15.2 Å². The number of ether oxygens (including phenoxy) is 2. The molecule has 0 amide bonds. The van der Waals surface area contributed by atoms with Gasteiger partial charge in [0, 0.05) is 55.0 Å². The predicted octanol–water partition coefficient (Wildman–Crippen LogP) is 6.37. The maximum atomic E-state index is 5.94. The van der Waals surface area contributed by atoms with E-state index in [0.29, 0.717) is 18.0 Å². The first-order chi connectivity index (χ1) is 16.3. The van der Waals surface area contributed by atoms with Crippen molar-refractivity contribution in [3.63, 3.8) is 0 Å². The number of benzene rings is 1. The number of pyridine rings is 1. The molecular formula is C28H40BrN3O2. The van der Waals surface area contributed by atoms with E-state index in [1.54, 1.807) is 20.4 Å². The Morgan fingerprint density at radius 3 is 2.38 bits per heavy atom. The Morgan fingerprint density at radius 2 is 1.85 bits per heavy atom. The molecular weight excluding hydrogens is 490 g/mol. The summed E-state index contributed by atoms with van der Waals surface area (Å²) < 4.78 is 11.3. The first-order valence-electron chi connectivity index (χ1n) is 11.5. The molecule has 2 rings (SSSR count). The van der Waals surface area contributed by atoms with Crippen LogP contribution >= 0.6 is 15.9 Å². The van der Waals surface area contributed by atoms with Crippen molar-refractivity contribution in [1.82, 2.24) is 10.3 Å². The summed E-state index contributed by atoms with van der Waals surface area (Å²) in [5.41, 5.74) is 11.4. The Kier molecular flexibility index (Phi) is 14.7. The van der Waals surface area contributed by atoms with E-state index in [-0.39, 0.29) is 0 Å². The van der Waals surface area contributed by atoms with Crippen molar-refractivity contribution in [3.05, 3.63) is 99.3 Å². The summed E-state index contributed by atoms with van der Waals surface area (Å²) in [4.78, 5) is 4.37. The molecule has 0 aliphatic heterocycles. The highest BCUT2D eigenvalue weighted by molar-refractivity contribution is 9.12. The molecule has 5 nitrogen and oxygen atoms in total. The third kappa shape index (κ3) is 12.1. The Hall–Kier alpha value is -2.57. The number of nitrogens with one attached hydrogen (secondary N) is 1. The third-order valence-corrected chi connectivity index (χ3v) is 6.07. The zero-order valence-corrected chi connectivity index (χ0v) is 23.0. The highest BCUT2D eigenvalue weighted by Crippen LogP contribution is 2.24. The number of methoxy groups -OCH3 is 2. The number of aromatic nitrogens is 1. The number of nitrogens with two attached hydrogens (primary N) is 1. The lowest BCUT2D eigenvalue weighted by atomic mass is 10.0. The van der Waals surface area contributed by atoms with Gasteiger partial charge >= 0.3 is 0 Å². The molecule has 186 valence electrons. The summed E-state index contributed by atoms with van der Waals surface area (Å²) >= 11 is 3.57. The fourth-order valence-corrected chi connectivity index (χ4v) is 3.17. The van der Waals surface area contributed by atoms with Crippen LogP contribution in [0.5, 0.6) is 0 Å². The summed E-state index contributed by atoms with van der Waals surface area (Å²) in [7, 11) is 3.34. The molecule has 34 heavy (non-hydrogen) atoms. The first kappa shape index (κ1) is 29.5. The normalized spacial score (nSPS) is 12.6. The molecule has 0 spiro atoms. The molecule has 0 aliphatic carbocycles. The van der Waals surface area contributed by atoms with Gasteiger partial charge in [0.15, 0.2) is 0 Å². The van der Waals surface area contributed by atoms with Crippen molar-refractivity contribution < 1.29 is 9.47 Å². The zero-order chi connectivity index (χ0) is 25.3. The van der Waals surface area contributed by atoms with Crippen molar-refractivity contribution in [3.8, 4) is 0 Å². The molecule has 0 fully saturated rings. The monoisotopic (exact) mass is 529 g/mol. The minimum absolute atomic E-state index is 0.653. The Morgan fingerprint density at radius 1 is 1.15 bits per heavy atom. The van der Waals surface area contributed by atoms with E-state index in [9.17, 15) is 0 Å². The third-order valence-electron chi connectivity index (χ3n) is 4.94. The second kappa shape index (κ2) is 17.0. The molecule has 1 aromatic heterocycles. The first-order valence-corrected chi connectivity index (χ1v) is 12.3. The van der Waals surface area contributed by atoms with Gasteiger partial charge in [0.25, 0.3) is 0 Å². The fraction of sp³-hybridized carbons (Fsp3) is 0.393. The van der Waals surface area contributed by atoms with Crippen LogP contribution in [0.4, 0.5) is 0 Å². The van der Waals surface area contributed by atoms with E-state index in [2.05, 4.69) is 71.3 Å². The summed E-state index contributed by atoms with van der Waals surface area (Å²) in [6, 6.07) is 14.6. The standard InChI is InChI=1S/C18H26BrN3O2.C10H14/c1-14(20)18(19)15(11-16-7-4-5-9-22-16)12-17(24-3)13-21-8-6-10-23-2;1-8(2)10-6-4-9(3)5-7-10/h4-5,7,9,12-13,21H,6,8,10-11,20H2,1-3H3;4-8H,1-3H3/b15-12-,17-13-,18-14-;. The highest BCUT2D eigenvalue weighted by Gasteiger charge is 2.08. The van der Waals surface area contributed by atoms with Gasteiger partial charge in [-0.05, 0) is 71.5 Å². The average Bonchev–Trinajstić information content (AvgIpc) is 2.83. The molecule has 0 radical (unpaired) electrons. The molecule has 0 atom stereocenters. The van der Waals surface area contributed by atoms with Crippen LogP contribution in [-0.2, 0) is 15.9 Å². The summed E-state index contributed by atoms with van der Waals surface area (Å²) in [5.74, 6) is 1.37. The molecule has 1 aromatic carbocycles. The molecule has 1 heterocycles. The molecule has 2 aromatic rings. The summed E-state index contributed by atoms with van der Waals surface area (Å²) in [5, 5.41) is 3.22. The van der Waals surface area contributed by atoms with Crippen LogP contribution in [-0.4, -0.2) is 32.4 Å². The van der Waals surface area contributed by atoms with Crippen molar-refractivity contribution in [2.75, 3.05) is 27.4 Å². The number of hydrogen-bond acceptors (Lipinski definition) is 5. The minimum Gasteiger partial charge on any atom is -0.495 e. The van der Waals surface area contributed by atoms with E-state index in [1.807, 2.05) is 37.4 Å². The van der Waals surface area contributed by atoms with Crippen LogP contribution in [0.25, 0.3) is 0 Å². The smallest absolute Gasteiger partial charge is 0.134 e. The Labute approximate surface area is 214 Å².